The number of thiophene rings is 1. The summed E-state index contributed by atoms with van der Waals surface area (Å²) in [5.74, 6) is 0.127. The van der Waals surface area contributed by atoms with Crippen LogP contribution in [0.1, 0.15) is 11.3 Å². The Morgan fingerprint density at radius 1 is 1.55 bits per heavy atom. The van der Waals surface area contributed by atoms with E-state index in [2.05, 4.69) is 5.32 Å². The van der Waals surface area contributed by atoms with Crippen molar-refractivity contribution in [3.8, 4) is 0 Å². The van der Waals surface area contributed by atoms with Gasteiger partial charge in [-0.15, -0.1) is 11.3 Å². The molecule has 5 nitrogen and oxygen atoms in total. The van der Waals surface area contributed by atoms with Crippen molar-refractivity contribution >= 4 is 38.7 Å². The highest BCUT2D eigenvalue weighted by Crippen LogP contribution is 2.22. The van der Waals surface area contributed by atoms with Crippen molar-refractivity contribution in [2.24, 2.45) is 0 Å². The van der Waals surface area contributed by atoms with Gasteiger partial charge in [-0.3, -0.25) is 4.79 Å². The number of carbonyl (C=O) groups is 1. The number of nitrogens with zero attached hydrogens (tertiary/aromatic N) is 1. The Balaban J connectivity index is 1.87. The Bertz CT molecular complexity index is 585. The number of halogens is 1. The first-order valence-electron chi connectivity index (χ1n) is 6.28. The molecule has 1 aliphatic heterocycles. The summed E-state index contributed by atoms with van der Waals surface area (Å²) in [5, 5.41) is 3.08. The van der Waals surface area contributed by atoms with Gasteiger partial charge in [0.25, 0.3) is 0 Å². The standard InChI is InChI=1S/C12H17ClN2O3S2/c1-15(7-10-2-3-11(13)19-10)12(16)6-9-8-20(17,18)5-4-14-9/h2-3,9,14H,4-8H2,1H3. The lowest BCUT2D eigenvalue weighted by Gasteiger charge is -2.25. The molecule has 1 fully saturated rings. The van der Waals surface area contributed by atoms with Crippen LogP contribution in [0.2, 0.25) is 4.34 Å². The van der Waals surface area contributed by atoms with Crippen LogP contribution in [-0.4, -0.2) is 50.4 Å². The molecule has 0 bridgehead atoms. The van der Waals surface area contributed by atoms with Gasteiger partial charge in [0.05, 0.1) is 22.4 Å². The van der Waals surface area contributed by atoms with E-state index in [0.717, 1.165) is 4.88 Å². The van der Waals surface area contributed by atoms with Crippen LogP contribution in [0.15, 0.2) is 12.1 Å². The topological polar surface area (TPSA) is 66.5 Å². The van der Waals surface area contributed by atoms with Crippen molar-refractivity contribution in [2.75, 3.05) is 25.1 Å². The first-order chi connectivity index (χ1) is 9.35. The van der Waals surface area contributed by atoms with E-state index in [0.29, 0.717) is 17.4 Å². The third-order valence-corrected chi connectivity index (χ3v) is 6.12. The summed E-state index contributed by atoms with van der Waals surface area (Å²) in [7, 11) is -1.29. The number of amides is 1. The van der Waals surface area contributed by atoms with E-state index in [4.69, 9.17) is 11.6 Å². The first-order valence-corrected chi connectivity index (χ1v) is 9.29. The third-order valence-electron chi connectivity index (χ3n) is 3.17. The molecule has 0 aliphatic carbocycles. The fourth-order valence-corrected chi connectivity index (χ4v) is 4.71. The molecule has 1 aliphatic rings. The van der Waals surface area contributed by atoms with Gasteiger partial charge in [0, 0.05) is 30.9 Å². The fourth-order valence-electron chi connectivity index (χ4n) is 2.12. The smallest absolute Gasteiger partial charge is 0.224 e. The molecular weight excluding hydrogens is 320 g/mol. The van der Waals surface area contributed by atoms with Crippen LogP contribution in [0.4, 0.5) is 0 Å². The second kappa shape index (κ2) is 6.43. The fraction of sp³-hybridized carbons (Fsp3) is 0.583. The highest BCUT2D eigenvalue weighted by atomic mass is 35.5. The summed E-state index contributed by atoms with van der Waals surface area (Å²) < 4.78 is 23.8. The van der Waals surface area contributed by atoms with Crippen LogP contribution in [0.25, 0.3) is 0 Å². The van der Waals surface area contributed by atoms with E-state index in [1.165, 1.54) is 11.3 Å². The van der Waals surface area contributed by atoms with Crippen LogP contribution < -0.4 is 5.32 Å². The van der Waals surface area contributed by atoms with Crippen molar-refractivity contribution in [2.45, 2.75) is 19.0 Å². The summed E-state index contributed by atoms with van der Waals surface area (Å²) in [5.41, 5.74) is 0. The molecule has 1 unspecified atom stereocenters. The summed E-state index contributed by atoms with van der Waals surface area (Å²) in [6.45, 7) is 0.917. The molecular formula is C12H17ClN2O3S2. The molecule has 1 N–H and O–H groups in total. The van der Waals surface area contributed by atoms with Gasteiger partial charge in [0.15, 0.2) is 9.84 Å². The molecule has 0 spiro atoms. The normalized spacial score (nSPS) is 21.6. The third kappa shape index (κ3) is 4.44. The quantitative estimate of drug-likeness (QED) is 0.895. The van der Waals surface area contributed by atoms with Crippen LogP contribution >= 0.6 is 22.9 Å². The van der Waals surface area contributed by atoms with Gasteiger partial charge in [-0.1, -0.05) is 11.6 Å². The molecule has 0 saturated carbocycles. The highest BCUT2D eigenvalue weighted by molar-refractivity contribution is 7.91. The molecule has 1 aromatic heterocycles. The second-order valence-corrected chi connectivity index (χ2v) is 8.95. The minimum Gasteiger partial charge on any atom is -0.341 e. The Hall–Kier alpha value is -0.630. The number of rotatable bonds is 4. The number of hydrogen-bond donors (Lipinski definition) is 1. The molecule has 1 amide bonds. The Morgan fingerprint density at radius 3 is 2.90 bits per heavy atom. The first kappa shape index (κ1) is 15.8. The molecule has 2 rings (SSSR count). The maximum atomic E-state index is 12.1. The largest absolute Gasteiger partial charge is 0.341 e. The molecule has 1 aromatic rings. The van der Waals surface area contributed by atoms with Gasteiger partial charge in [-0.2, -0.15) is 0 Å². The predicted octanol–water partition coefficient (Wildman–Crippen LogP) is 1.14. The van der Waals surface area contributed by atoms with Crippen LogP contribution in [-0.2, 0) is 21.2 Å². The Kier molecular flexibility index (Phi) is 5.06. The summed E-state index contributed by atoms with van der Waals surface area (Å²) in [6.07, 6.45) is 0.203. The van der Waals surface area contributed by atoms with E-state index in [9.17, 15) is 13.2 Å². The average Bonchev–Trinajstić information content (AvgIpc) is 2.73. The van der Waals surface area contributed by atoms with E-state index >= 15 is 0 Å². The Labute approximate surface area is 127 Å². The van der Waals surface area contributed by atoms with Crippen molar-refractivity contribution < 1.29 is 13.2 Å². The lowest BCUT2D eigenvalue weighted by Crippen LogP contribution is -2.47. The van der Waals surface area contributed by atoms with Crippen LogP contribution in [0, 0.1) is 0 Å². The van der Waals surface area contributed by atoms with E-state index in [1.807, 2.05) is 6.07 Å². The Morgan fingerprint density at radius 2 is 2.30 bits per heavy atom. The summed E-state index contributed by atoms with van der Waals surface area (Å²) >= 11 is 7.29. The lowest BCUT2D eigenvalue weighted by atomic mass is 10.2. The van der Waals surface area contributed by atoms with Gasteiger partial charge >= 0.3 is 0 Å². The predicted molar refractivity (Wildman–Crippen MR) is 80.9 cm³/mol. The molecule has 8 heteroatoms. The average molecular weight is 337 g/mol. The molecule has 0 radical (unpaired) electrons. The van der Waals surface area contributed by atoms with Gasteiger partial charge in [-0.05, 0) is 12.1 Å². The van der Waals surface area contributed by atoms with Gasteiger partial charge in [0.1, 0.15) is 0 Å². The SMILES string of the molecule is CN(Cc1ccc(Cl)s1)C(=O)CC1CS(=O)(=O)CCN1. The zero-order chi connectivity index (χ0) is 14.8. The zero-order valence-corrected chi connectivity index (χ0v) is 13.5. The summed E-state index contributed by atoms with van der Waals surface area (Å²) in [6, 6.07) is 3.41. The molecule has 20 heavy (non-hydrogen) atoms. The van der Waals surface area contributed by atoms with Gasteiger partial charge in [-0.25, -0.2) is 8.42 Å². The van der Waals surface area contributed by atoms with Crippen molar-refractivity contribution in [3.63, 3.8) is 0 Å². The minimum atomic E-state index is -3.01. The van der Waals surface area contributed by atoms with Crippen molar-refractivity contribution in [1.82, 2.24) is 10.2 Å². The number of carbonyl (C=O) groups excluding carboxylic acids is 1. The number of sulfone groups is 1. The minimum absolute atomic E-state index is 0.0391. The number of hydrogen-bond acceptors (Lipinski definition) is 5. The van der Waals surface area contributed by atoms with E-state index < -0.39 is 9.84 Å². The molecule has 112 valence electrons. The zero-order valence-electron chi connectivity index (χ0n) is 11.1. The lowest BCUT2D eigenvalue weighted by molar-refractivity contribution is -0.130. The maximum Gasteiger partial charge on any atom is 0.224 e. The molecule has 0 aromatic carbocycles. The highest BCUT2D eigenvalue weighted by Gasteiger charge is 2.27. The van der Waals surface area contributed by atoms with Crippen LogP contribution in [0.3, 0.4) is 0 Å². The van der Waals surface area contributed by atoms with Gasteiger partial charge in [0.2, 0.25) is 5.91 Å². The molecule has 1 saturated heterocycles. The maximum absolute atomic E-state index is 12.1. The summed E-state index contributed by atoms with van der Waals surface area (Å²) in [4.78, 5) is 14.7. The molecule has 1 atom stereocenters. The van der Waals surface area contributed by atoms with E-state index in [-0.39, 0.29) is 29.9 Å². The second-order valence-electron chi connectivity index (χ2n) is 4.93. The van der Waals surface area contributed by atoms with Crippen LogP contribution in [0.5, 0.6) is 0 Å². The van der Waals surface area contributed by atoms with Crippen molar-refractivity contribution in [1.29, 1.82) is 0 Å². The monoisotopic (exact) mass is 336 g/mol. The molecule has 2 heterocycles. The number of nitrogens with one attached hydrogen (secondary N) is 1. The van der Waals surface area contributed by atoms with E-state index in [1.54, 1.807) is 18.0 Å². The van der Waals surface area contributed by atoms with Gasteiger partial charge < -0.3 is 10.2 Å². The van der Waals surface area contributed by atoms with Crippen molar-refractivity contribution in [3.05, 3.63) is 21.3 Å².